The van der Waals surface area contributed by atoms with Gasteiger partial charge in [-0.25, -0.2) is 0 Å². The molecule has 0 bridgehead atoms. The Morgan fingerprint density at radius 1 is 1.14 bits per heavy atom. The predicted octanol–water partition coefficient (Wildman–Crippen LogP) is 5.05. The molecule has 0 aliphatic heterocycles. The van der Waals surface area contributed by atoms with Gasteiger partial charge in [0.25, 0.3) is 0 Å². The van der Waals surface area contributed by atoms with Crippen LogP contribution >= 0.6 is 23.2 Å². The number of halogens is 2. The lowest BCUT2D eigenvalue weighted by Crippen LogP contribution is -1.99. The van der Waals surface area contributed by atoms with Crippen LogP contribution in [0.4, 0.5) is 5.69 Å². The van der Waals surface area contributed by atoms with Crippen LogP contribution in [0.1, 0.15) is 18.2 Å². The lowest BCUT2D eigenvalue weighted by molar-refractivity contribution is 0.770. The number of rotatable bonds is 4. The molecule has 0 amide bonds. The van der Waals surface area contributed by atoms with Crippen LogP contribution in [-0.2, 0) is 20.0 Å². The third kappa shape index (κ3) is 2.92. The fourth-order valence-electron chi connectivity index (χ4n) is 2.60. The molecule has 3 nitrogen and oxygen atoms in total. The van der Waals surface area contributed by atoms with Crippen LogP contribution in [0.2, 0.25) is 10.0 Å². The van der Waals surface area contributed by atoms with Crippen LogP contribution < -0.4 is 5.32 Å². The SMILES string of the molecule is CCc1nn(C)c2c(Cl)cc(NCc3ccc(Cl)cc3)cc12. The summed E-state index contributed by atoms with van der Waals surface area (Å²) < 4.78 is 1.85. The minimum absolute atomic E-state index is 0.714. The molecule has 0 aliphatic rings. The van der Waals surface area contributed by atoms with Crippen molar-refractivity contribution in [1.29, 1.82) is 0 Å². The van der Waals surface area contributed by atoms with E-state index in [0.29, 0.717) is 5.02 Å². The van der Waals surface area contributed by atoms with E-state index in [-0.39, 0.29) is 0 Å². The molecule has 0 aliphatic carbocycles. The second-order valence-corrected chi connectivity index (χ2v) is 6.10. The summed E-state index contributed by atoms with van der Waals surface area (Å²) in [7, 11) is 1.92. The van der Waals surface area contributed by atoms with E-state index in [9.17, 15) is 0 Å². The molecule has 0 saturated carbocycles. The quantitative estimate of drug-likeness (QED) is 0.723. The molecule has 0 fully saturated rings. The van der Waals surface area contributed by atoms with Crippen molar-refractivity contribution in [2.45, 2.75) is 19.9 Å². The second kappa shape index (κ2) is 6.19. The molecule has 3 aromatic rings. The zero-order valence-electron chi connectivity index (χ0n) is 12.5. The molecule has 114 valence electrons. The third-order valence-electron chi connectivity index (χ3n) is 3.71. The zero-order chi connectivity index (χ0) is 15.7. The van der Waals surface area contributed by atoms with Gasteiger partial charge in [0.15, 0.2) is 0 Å². The minimum Gasteiger partial charge on any atom is -0.381 e. The molecule has 22 heavy (non-hydrogen) atoms. The van der Waals surface area contributed by atoms with Crippen molar-refractivity contribution in [3.05, 3.63) is 57.7 Å². The van der Waals surface area contributed by atoms with Gasteiger partial charge in [0, 0.05) is 29.7 Å². The van der Waals surface area contributed by atoms with Crippen molar-refractivity contribution in [1.82, 2.24) is 9.78 Å². The van der Waals surface area contributed by atoms with E-state index >= 15 is 0 Å². The Balaban J connectivity index is 1.89. The molecule has 0 unspecified atom stereocenters. The van der Waals surface area contributed by atoms with Crippen molar-refractivity contribution in [2.75, 3.05) is 5.32 Å². The molecular weight excluding hydrogens is 317 g/mol. The molecule has 1 heterocycles. The van der Waals surface area contributed by atoms with Crippen LogP contribution in [0.3, 0.4) is 0 Å². The first kappa shape index (κ1) is 15.2. The summed E-state index contributed by atoms with van der Waals surface area (Å²) in [5.74, 6) is 0. The summed E-state index contributed by atoms with van der Waals surface area (Å²) in [6.07, 6.45) is 0.883. The molecule has 1 aromatic heterocycles. The van der Waals surface area contributed by atoms with Gasteiger partial charge >= 0.3 is 0 Å². The average molecular weight is 334 g/mol. The highest BCUT2D eigenvalue weighted by molar-refractivity contribution is 6.35. The largest absolute Gasteiger partial charge is 0.381 e. The molecule has 0 saturated heterocycles. The van der Waals surface area contributed by atoms with Gasteiger partial charge in [0.05, 0.1) is 16.2 Å². The second-order valence-electron chi connectivity index (χ2n) is 5.26. The van der Waals surface area contributed by atoms with E-state index in [2.05, 4.69) is 23.4 Å². The highest BCUT2D eigenvalue weighted by Gasteiger charge is 2.12. The summed E-state index contributed by atoms with van der Waals surface area (Å²) in [4.78, 5) is 0. The minimum atomic E-state index is 0.714. The average Bonchev–Trinajstić information content (AvgIpc) is 2.83. The summed E-state index contributed by atoms with van der Waals surface area (Å²) >= 11 is 12.3. The number of aromatic nitrogens is 2. The van der Waals surface area contributed by atoms with Gasteiger partial charge < -0.3 is 5.32 Å². The maximum atomic E-state index is 6.42. The fourth-order valence-corrected chi connectivity index (χ4v) is 3.07. The lowest BCUT2D eigenvalue weighted by atomic mass is 10.1. The van der Waals surface area contributed by atoms with E-state index in [1.807, 2.05) is 42.1 Å². The first-order valence-electron chi connectivity index (χ1n) is 7.22. The predicted molar refractivity (Wildman–Crippen MR) is 93.9 cm³/mol. The number of nitrogens with one attached hydrogen (secondary N) is 1. The number of aryl methyl sites for hydroxylation is 2. The number of hydrogen-bond acceptors (Lipinski definition) is 2. The van der Waals surface area contributed by atoms with Crippen LogP contribution in [0.5, 0.6) is 0 Å². The Labute approximate surface area is 139 Å². The maximum Gasteiger partial charge on any atom is 0.0869 e. The van der Waals surface area contributed by atoms with Crippen LogP contribution in [0.15, 0.2) is 36.4 Å². The first-order valence-corrected chi connectivity index (χ1v) is 7.97. The number of nitrogens with zero attached hydrogens (tertiary/aromatic N) is 2. The van der Waals surface area contributed by atoms with E-state index in [1.54, 1.807) is 0 Å². The molecular formula is C17H17Cl2N3. The van der Waals surface area contributed by atoms with Gasteiger partial charge in [0.1, 0.15) is 0 Å². The Hall–Kier alpha value is -1.71. The van der Waals surface area contributed by atoms with Crippen molar-refractivity contribution in [2.24, 2.45) is 7.05 Å². The van der Waals surface area contributed by atoms with E-state index < -0.39 is 0 Å². The van der Waals surface area contributed by atoms with Crippen molar-refractivity contribution >= 4 is 39.8 Å². The maximum absolute atomic E-state index is 6.42. The Kier molecular flexibility index (Phi) is 4.27. The van der Waals surface area contributed by atoms with Crippen molar-refractivity contribution in [3.8, 4) is 0 Å². The summed E-state index contributed by atoms with van der Waals surface area (Å²) in [6, 6.07) is 11.9. The summed E-state index contributed by atoms with van der Waals surface area (Å²) in [5, 5.41) is 10.5. The highest BCUT2D eigenvalue weighted by atomic mass is 35.5. The van der Waals surface area contributed by atoms with Gasteiger partial charge in [-0.2, -0.15) is 5.10 Å². The molecule has 0 radical (unpaired) electrons. The third-order valence-corrected chi connectivity index (χ3v) is 4.25. The Bertz CT molecular complexity index is 807. The summed E-state index contributed by atoms with van der Waals surface area (Å²) in [6.45, 7) is 2.82. The highest BCUT2D eigenvalue weighted by Crippen LogP contribution is 2.30. The van der Waals surface area contributed by atoms with Gasteiger partial charge in [0.2, 0.25) is 0 Å². The topological polar surface area (TPSA) is 29.9 Å². The van der Waals surface area contributed by atoms with Gasteiger partial charge in [-0.3, -0.25) is 4.68 Å². The van der Waals surface area contributed by atoms with Crippen molar-refractivity contribution in [3.63, 3.8) is 0 Å². The molecule has 0 atom stereocenters. The zero-order valence-corrected chi connectivity index (χ0v) is 14.0. The van der Waals surface area contributed by atoms with Crippen LogP contribution in [0, 0.1) is 0 Å². The Morgan fingerprint density at radius 3 is 2.55 bits per heavy atom. The van der Waals surface area contributed by atoms with Gasteiger partial charge in [-0.15, -0.1) is 0 Å². The standard InChI is InChI=1S/C17H17Cl2N3/c1-3-16-14-8-13(9-15(19)17(14)22(2)21-16)20-10-11-4-6-12(18)7-5-11/h4-9,20H,3,10H2,1-2H3. The number of hydrogen-bond donors (Lipinski definition) is 1. The lowest BCUT2D eigenvalue weighted by Gasteiger charge is -2.08. The molecule has 5 heteroatoms. The van der Waals surface area contributed by atoms with E-state index in [4.69, 9.17) is 23.2 Å². The fraction of sp³-hybridized carbons (Fsp3) is 0.235. The monoisotopic (exact) mass is 333 g/mol. The number of benzene rings is 2. The smallest absolute Gasteiger partial charge is 0.0869 e. The number of anilines is 1. The van der Waals surface area contributed by atoms with Crippen LogP contribution in [0.25, 0.3) is 10.9 Å². The van der Waals surface area contributed by atoms with Gasteiger partial charge in [-0.1, -0.05) is 42.3 Å². The summed E-state index contributed by atoms with van der Waals surface area (Å²) in [5.41, 5.74) is 4.21. The van der Waals surface area contributed by atoms with E-state index in [1.165, 1.54) is 5.56 Å². The normalized spacial score (nSPS) is 11.1. The number of fused-ring (bicyclic) bond motifs is 1. The molecule has 2 aromatic carbocycles. The van der Waals surface area contributed by atoms with Crippen molar-refractivity contribution < 1.29 is 0 Å². The molecule has 3 rings (SSSR count). The van der Waals surface area contributed by atoms with Gasteiger partial charge in [-0.05, 0) is 36.2 Å². The first-order chi connectivity index (χ1) is 10.6. The van der Waals surface area contributed by atoms with Crippen LogP contribution in [-0.4, -0.2) is 9.78 Å². The Morgan fingerprint density at radius 2 is 1.86 bits per heavy atom. The molecule has 0 spiro atoms. The molecule has 1 N–H and O–H groups in total. The van der Waals surface area contributed by atoms with E-state index in [0.717, 1.165) is 40.3 Å².